The number of benzene rings is 2. The Kier molecular flexibility index (Phi) is 2.90. The van der Waals surface area contributed by atoms with Crippen molar-refractivity contribution in [2.24, 2.45) is 0 Å². The van der Waals surface area contributed by atoms with Gasteiger partial charge in [0.15, 0.2) is 0 Å². The van der Waals surface area contributed by atoms with Crippen molar-refractivity contribution >= 4 is 11.0 Å². The molecule has 106 valence electrons. The smallest absolute Gasteiger partial charge is 0.344 e. The first-order valence-corrected chi connectivity index (χ1v) is 6.22. The largest absolute Gasteiger partial charge is 0.508 e. The third kappa shape index (κ3) is 2.12. The van der Waals surface area contributed by atoms with E-state index in [9.17, 15) is 19.4 Å². The molecule has 0 amide bonds. The molecule has 0 saturated heterocycles. The second kappa shape index (κ2) is 4.63. The third-order valence-electron chi connectivity index (χ3n) is 3.38. The molecule has 3 rings (SSSR count). The molecule has 5 heteroatoms. The molecule has 0 spiro atoms. The minimum Gasteiger partial charge on any atom is -0.508 e. The van der Waals surface area contributed by atoms with E-state index in [4.69, 9.17) is 4.42 Å². The Hall–Kier alpha value is -2.82. The van der Waals surface area contributed by atoms with Crippen LogP contribution in [0.4, 0.5) is 4.39 Å². The van der Waals surface area contributed by atoms with Crippen LogP contribution in [0.3, 0.4) is 0 Å². The maximum Gasteiger partial charge on any atom is 0.344 e. The maximum atomic E-state index is 13.2. The molecular formula is C16H11FO4. The molecule has 0 fully saturated rings. The zero-order chi connectivity index (χ0) is 15.1. The van der Waals surface area contributed by atoms with Crippen molar-refractivity contribution in [3.63, 3.8) is 0 Å². The Balaban J connectivity index is 2.38. The summed E-state index contributed by atoms with van der Waals surface area (Å²) >= 11 is 0. The van der Waals surface area contributed by atoms with Crippen molar-refractivity contribution in [3.8, 4) is 22.6 Å². The van der Waals surface area contributed by atoms with Crippen LogP contribution >= 0.6 is 0 Å². The number of aromatic hydroxyl groups is 2. The van der Waals surface area contributed by atoms with Gasteiger partial charge in [0.05, 0.1) is 5.56 Å². The fourth-order valence-electron chi connectivity index (χ4n) is 2.37. The van der Waals surface area contributed by atoms with Gasteiger partial charge in [0.2, 0.25) is 0 Å². The number of phenols is 2. The summed E-state index contributed by atoms with van der Waals surface area (Å²) in [6.45, 7) is 1.69. The van der Waals surface area contributed by atoms with Crippen molar-refractivity contribution in [2.45, 2.75) is 6.92 Å². The molecule has 0 atom stereocenters. The lowest BCUT2D eigenvalue weighted by Gasteiger charge is -2.09. The van der Waals surface area contributed by atoms with E-state index in [1.54, 1.807) is 6.92 Å². The van der Waals surface area contributed by atoms with Gasteiger partial charge in [0.25, 0.3) is 0 Å². The summed E-state index contributed by atoms with van der Waals surface area (Å²) in [4.78, 5) is 12.1. The standard InChI is InChI=1S/C16H11FO4/c1-8-11-4-2-9(17)6-14(11)21-16(20)15(8)12-5-3-10(18)7-13(12)19/h2-7,18-19H,1H3. The van der Waals surface area contributed by atoms with Gasteiger partial charge in [-0.25, -0.2) is 9.18 Å². The Morgan fingerprint density at radius 1 is 1.10 bits per heavy atom. The summed E-state index contributed by atoms with van der Waals surface area (Å²) in [5, 5.41) is 19.8. The van der Waals surface area contributed by atoms with Crippen LogP contribution in [0.15, 0.2) is 45.6 Å². The first-order chi connectivity index (χ1) is 9.97. The fourth-order valence-corrected chi connectivity index (χ4v) is 2.37. The number of hydrogen-bond acceptors (Lipinski definition) is 4. The van der Waals surface area contributed by atoms with Gasteiger partial charge >= 0.3 is 5.63 Å². The van der Waals surface area contributed by atoms with Gasteiger partial charge in [-0.3, -0.25) is 0 Å². The Labute approximate surface area is 118 Å². The fraction of sp³-hybridized carbons (Fsp3) is 0.0625. The third-order valence-corrected chi connectivity index (χ3v) is 3.38. The summed E-state index contributed by atoms with van der Waals surface area (Å²) in [5.41, 5.74) is 0.491. The molecule has 4 nitrogen and oxygen atoms in total. The van der Waals surface area contributed by atoms with Gasteiger partial charge in [-0.05, 0) is 36.8 Å². The van der Waals surface area contributed by atoms with E-state index in [0.717, 1.165) is 12.1 Å². The van der Waals surface area contributed by atoms with Crippen LogP contribution in [0.1, 0.15) is 5.56 Å². The van der Waals surface area contributed by atoms with Crippen LogP contribution in [0.2, 0.25) is 0 Å². The van der Waals surface area contributed by atoms with E-state index in [1.165, 1.54) is 24.3 Å². The molecule has 3 aromatic rings. The SMILES string of the molecule is Cc1c(-c2ccc(O)cc2O)c(=O)oc2cc(F)ccc12. The predicted octanol–water partition coefficient (Wildman–Crippen LogP) is 3.32. The van der Waals surface area contributed by atoms with Crippen LogP contribution < -0.4 is 5.63 Å². The molecule has 2 N–H and O–H groups in total. The molecule has 0 radical (unpaired) electrons. The summed E-state index contributed by atoms with van der Waals surface area (Å²) in [7, 11) is 0. The van der Waals surface area contributed by atoms with Gasteiger partial charge in [-0.1, -0.05) is 0 Å². The molecule has 21 heavy (non-hydrogen) atoms. The molecule has 0 saturated carbocycles. The van der Waals surface area contributed by atoms with Gasteiger partial charge in [0, 0.05) is 23.1 Å². The normalized spacial score (nSPS) is 11.0. The average molecular weight is 286 g/mol. The molecule has 0 bridgehead atoms. The summed E-state index contributed by atoms with van der Waals surface area (Å²) in [6, 6.07) is 7.87. The average Bonchev–Trinajstić information content (AvgIpc) is 2.40. The lowest BCUT2D eigenvalue weighted by Crippen LogP contribution is -2.06. The second-order valence-corrected chi connectivity index (χ2v) is 4.73. The summed E-state index contributed by atoms with van der Waals surface area (Å²) < 4.78 is 18.3. The second-order valence-electron chi connectivity index (χ2n) is 4.73. The highest BCUT2D eigenvalue weighted by Crippen LogP contribution is 2.34. The van der Waals surface area contributed by atoms with E-state index >= 15 is 0 Å². The highest BCUT2D eigenvalue weighted by molar-refractivity contribution is 5.87. The van der Waals surface area contributed by atoms with E-state index in [1.807, 2.05) is 0 Å². The van der Waals surface area contributed by atoms with Crippen LogP contribution in [0.25, 0.3) is 22.1 Å². The topological polar surface area (TPSA) is 70.7 Å². The Bertz CT molecular complexity index is 912. The summed E-state index contributed by atoms with van der Waals surface area (Å²) in [5.74, 6) is -0.835. The number of aryl methyl sites for hydroxylation is 1. The molecule has 1 aromatic heterocycles. The Morgan fingerprint density at radius 3 is 2.57 bits per heavy atom. The van der Waals surface area contributed by atoms with Crippen LogP contribution in [-0.4, -0.2) is 10.2 Å². The van der Waals surface area contributed by atoms with Crippen molar-refractivity contribution in [3.05, 3.63) is 58.2 Å². The zero-order valence-corrected chi connectivity index (χ0v) is 11.1. The Morgan fingerprint density at radius 2 is 1.86 bits per heavy atom. The van der Waals surface area contributed by atoms with E-state index in [2.05, 4.69) is 0 Å². The van der Waals surface area contributed by atoms with Gasteiger partial charge in [-0.2, -0.15) is 0 Å². The minimum atomic E-state index is -0.674. The molecule has 0 aliphatic heterocycles. The highest BCUT2D eigenvalue weighted by Gasteiger charge is 2.16. The maximum absolute atomic E-state index is 13.2. The number of halogens is 1. The van der Waals surface area contributed by atoms with Crippen molar-refractivity contribution in [1.29, 1.82) is 0 Å². The molecule has 0 unspecified atom stereocenters. The van der Waals surface area contributed by atoms with Crippen LogP contribution in [0.5, 0.6) is 11.5 Å². The lowest BCUT2D eigenvalue weighted by molar-refractivity contribution is 0.451. The van der Waals surface area contributed by atoms with E-state index in [-0.39, 0.29) is 28.2 Å². The quantitative estimate of drug-likeness (QED) is 0.673. The van der Waals surface area contributed by atoms with Crippen molar-refractivity contribution in [1.82, 2.24) is 0 Å². The molecule has 2 aromatic carbocycles. The monoisotopic (exact) mass is 286 g/mol. The predicted molar refractivity (Wildman–Crippen MR) is 75.9 cm³/mol. The van der Waals surface area contributed by atoms with Crippen molar-refractivity contribution < 1.29 is 19.0 Å². The van der Waals surface area contributed by atoms with E-state index in [0.29, 0.717) is 10.9 Å². The molecule has 0 aliphatic rings. The highest BCUT2D eigenvalue weighted by atomic mass is 19.1. The first-order valence-electron chi connectivity index (χ1n) is 6.22. The van der Waals surface area contributed by atoms with Crippen LogP contribution in [0, 0.1) is 12.7 Å². The number of phenolic OH excluding ortho intramolecular Hbond substituents is 2. The number of hydrogen-bond donors (Lipinski definition) is 2. The minimum absolute atomic E-state index is 0.110. The summed E-state index contributed by atoms with van der Waals surface area (Å²) in [6.07, 6.45) is 0. The first kappa shape index (κ1) is 13.2. The van der Waals surface area contributed by atoms with E-state index < -0.39 is 11.4 Å². The number of fused-ring (bicyclic) bond motifs is 1. The molecule has 0 aliphatic carbocycles. The molecular weight excluding hydrogens is 275 g/mol. The van der Waals surface area contributed by atoms with Gasteiger partial charge in [-0.15, -0.1) is 0 Å². The zero-order valence-electron chi connectivity index (χ0n) is 11.1. The van der Waals surface area contributed by atoms with Gasteiger partial charge < -0.3 is 14.6 Å². The molecule has 1 heterocycles. The van der Waals surface area contributed by atoms with Gasteiger partial charge in [0.1, 0.15) is 22.9 Å². The lowest BCUT2D eigenvalue weighted by atomic mass is 9.99. The number of rotatable bonds is 1. The van der Waals surface area contributed by atoms with Crippen molar-refractivity contribution in [2.75, 3.05) is 0 Å². The van der Waals surface area contributed by atoms with Crippen LogP contribution in [-0.2, 0) is 0 Å².